The fourth-order valence-electron chi connectivity index (χ4n) is 2.95. The van der Waals surface area contributed by atoms with Gasteiger partial charge in [0, 0.05) is 25.4 Å². The third kappa shape index (κ3) is 6.49. The minimum atomic E-state index is -0.496. The summed E-state index contributed by atoms with van der Waals surface area (Å²) in [6.07, 6.45) is 4.53. The summed E-state index contributed by atoms with van der Waals surface area (Å²) in [6, 6.07) is 8.41. The van der Waals surface area contributed by atoms with Crippen molar-refractivity contribution in [3.05, 3.63) is 29.8 Å². The van der Waals surface area contributed by atoms with Gasteiger partial charge in [-0.25, -0.2) is 4.79 Å². The molecule has 0 bridgehead atoms. The highest BCUT2D eigenvalue weighted by Crippen LogP contribution is 2.21. The molecular weight excluding hydrogens is 304 g/mol. The molecule has 0 saturated heterocycles. The van der Waals surface area contributed by atoms with Crippen molar-refractivity contribution < 1.29 is 14.3 Å². The summed E-state index contributed by atoms with van der Waals surface area (Å²) < 4.78 is 10.7. The molecule has 0 unspecified atom stereocenters. The van der Waals surface area contributed by atoms with Gasteiger partial charge < -0.3 is 14.8 Å². The van der Waals surface area contributed by atoms with Gasteiger partial charge in [0.25, 0.3) is 0 Å². The van der Waals surface area contributed by atoms with Gasteiger partial charge in [0.05, 0.1) is 6.10 Å². The van der Waals surface area contributed by atoms with Crippen molar-refractivity contribution in [2.24, 2.45) is 0 Å². The maximum Gasteiger partial charge on any atom is 0.412 e. The molecule has 5 heteroatoms. The van der Waals surface area contributed by atoms with Crippen LogP contribution in [-0.2, 0) is 16.0 Å². The van der Waals surface area contributed by atoms with Crippen LogP contribution in [-0.4, -0.2) is 30.9 Å². The quantitative estimate of drug-likeness (QED) is 0.852. The Labute approximate surface area is 145 Å². The van der Waals surface area contributed by atoms with Gasteiger partial charge in [0.15, 0.2) is 0 Å². The van der Waals surface area contributed by atoms with Gasteiger partial charge in [0.1, 0.15) is 5.60 Å². The van der Waals surface area contributed by atoms with Crippen LogP contribution in [0.25, 0.3) is 0 Å². The lowest BCUT2D eigenvalue weighted by Crippen LogP contribution is -2.34. The summed E-state index contributed by atoms with van der Waals surface area (Å²) in [5.74, 6) is 0. The van der Waals surface area contributed by atoms with Gasteiger partial charge in [-0.2, -0.15) is 0 Å². The third-order valence-electron chi connectivity index (χ3n) is 4.17. The SMILES string of the molecule is COC1CCC(NCc2cccc(NC(=O)OC(C)(C)C)c2)CC1. The number of hydrogen-bond acceptors (Lipinski definition) is 4. The first-order valence-electron chi connectivity index (χ1n) is 8.71. The average molecular weight is 334 g/mol. The van der Waals surface area contributed by atoms with Gasteiger partial charge in [-0.3, -0.25) is 5.32 Å². The number of amides is 1. The van der Waals surface area contributed by atoms with E-state index in [2.05, 4.69) is 16.7 Å². The molecule has 0 radical (unpaired) electrons. The fraction of sp³-hybridized carbons (Fsp3) is 0.632. The van der Waals surface area contributed by atoms with Crippen LogP contribution in [0.1, 0.15) is 52.0 Å². The minimum absolute atomic E-state index is 0.421. The van der Waals surface area contributed by atoms with E-state index in [0.29, 0.717) is 12.1 Å². The Balaban J connectivity index is 1.81. The number of methoxy groups -OCH3 is 1. The lowest BCUT2D eigenvalue weighted by molar-refractivity contribution is 0.0623. The summed E-state index contributed by atoms with van der Waals surface area (Å²) in [5.41, 5.74) is 1.41. The van der Waals surface area contributed by atoms with Crippen molar-refractivity contribution in [3.63, 3.8) is 0 Å². The summed E-state index contributed by atoms with van der Waals surface area (Å²) in [4.78, 5) is 11.8. The van der Waals surface area contributed by atoms with E-state index in [0.717, 1.165) is 43.5 Å². The van der Waals surface area contributed by atoms with E-state index in [-0.39, 0.29) is 0 Å². The zero-order chi connectivity index (χ0) is 17.6. The van der Waals surface area contributed by atoms with Crippen molar-refractivity contribution >= 4 is 11.8 Å². The molecule has 1 aromatic carbocycles. The molecule has 0 atom stereocenters. The number of rotatable bonds is 5. The maximum atomic E-state index is 11.8. The predicted molar refractivity (Wildman–Crippen MR) is 96.2 cm³/mol. The molecule has 2 rings (SSSR count). The number of carbonyl (C=O) groups excluding carboxylic acids is 1. The van der Waals surface area contributed by atoms with E-state index in [9.17, 15) is 4.79 Å². The Kier molecular flexibility index (Phi) is 6.63. The molecule has 1 saturated carbocycles. The Hall–Kier alpha value is -1.59. The number of anilines is 1. The van der Waals surface area contributed by atoms with Gasteiger partial charge in [-0.1, -0.05) is 12.1 Å². The summed E-state index contributed by atoms with van der Waals surface area (Å²) in [5, 5.41) is 6.39. The van der Waals surface area contributed by atoms with E-state index in [1.807, 2.05) is 39.0 Å². The lowest BCUT2D eigenvalue weighted by Gasteiger charge is -2.28. The highest BCUT2D eigenvalue weighted by Gasteiger charge is 2.20. The number of carbonyl (C=O) groups is 1. The Bertz CT molecular complexity index is 532. The monoisotopic (exact) mass is 334 g/mol. The van der Waals surface area contributed by atoms with Crippen LogP contribution in [0.5, 0.6) is 0 Å². The zero-order valence-corrected chi connectivity index (χ0v) is 15.2. The number of nitrogens with one attached hydrogen (secondary N) is 2. The molecule has 0 spiro atoms. The highest BCUT2D eigenvalue weighted by atomic mass is 16.6. The largest absolute Gasteiger partial charge is 0.444 e. The van der Waals surface area contributed by atoms with Crippen LogP contribution >= 0.6 is 0 Å². The Morgan fingerprint density at radius 1 is 1.21 bits per heavy atom. The normalized spacial score (nSPS) is 21.3. The van der Waals surface area contributed by atoms with Crippen molar-refractivity contribution in [2.75, 3.05) is 12.4 Å². The van der Waals surface area contributed by atoms with Crippen molar-refractivity contribution in [1.82, 2.24) is 5.32 Å². The second kappa shape index (κ2) is 8.49. The van der Waals surface area contributed by atoms with E-state index in [1.54, 1.807) is 7.11 Å². The van der Waals surface area contributed by atoms with Gasteiger partial charge in [-0.05, 0) is 64.2 Å². The van der Waals surface area contributed by atoms with Crippen molar-refractivity contribution in [2.45, 2.75) is 70.7 Å². The van der Waals surface area contributed by atoms with Crippen molar-refractivity contribution in [1.29, 1.82) is 0 Å². The Morgan fingerprint density at radius 2 is 1.92 bits per heavy atom. The molecule has 0 heterocycles. The van der Waals surface area contributed by atoms with E-state index in [4.69, 9.17) is 9.47 Å². The molecule has 1 aliphatic carbocycles. The second-order valence-electron chi connectivity index (χ2n) is 7.42. The van der Waals surface area contributed by atoms with Crippen LogP contribution in [0.2, 0.25) is 0 Å². The fourth-order valence-corrected chi connectivity index (χ4v) is 2.95. The molecule has 24 heavy (non-hydrogen) atoms. The smallest absolute Gasteiger partial charge is 0.412 e. The van der Waals surface area contributed by atoms with E-state index < -0.39 is 11.7 Å². The van der Waals surface area contributed by atoms with Crippen LogP contribution in [0, 0.1) is 0 Å². The topological polar surface area (TPSA) is 59.6 Å². The second-order valence-corrected chi connectivity index (χ2v) is 7.42. The Morgan fingerprint density at radius 3 is 2.54 bits per heavy atom. The molecular formula is C19H30N2O3. The lowest BCUT2D eigenvalue weighted by atomic mass is 9.93. The van der Waals surface area contributed by atoms with Gasteiger partial charge in [0.2, 0.25) is 0 Å². The van der Waals surface area contributed by atoms with E-state index in [1.165, 1.54) is 0 Å². The molecule has 0 aromatic heterocycles. The first kappa shape index (κ1) is 18.7. The number of hydrogen-bond donors (Lipinski definition) is 2. The molecule has 134 valence electrons. The molecule has 5 nitrogen and oxygen atoms in total. The number of ether oxygens (including phenoxy) is 2. The molecule has 1 aromatic rings. The number of benzene rings is 1. The first-order chi connectivity index (χ1) is 11.4. The molecule has 0 aliphatic heterocycles. The van der Waals surface area contributed by atoms with Gasteiger partial charge >= 0.3 is 6.09 Å². The van der Waals surface area contributed by atoms with Gasteiger partial charge in [-0.15, -0.1) is 0 Å². The highest BCUT2D eigenvalue weighted by molar-refractivity contribution is 5.84. The van der Waals surface area contributed by atoms with Crippen LogP contribution < -0.4 is 10.6 Å². The van der Waals surface area contributed by atoms with Crippen LogP contribution in [0.15, 0.2) is 24.3 Å². The zero-order valence-electron chi connectivity index (χ0n) is 15.2. The minimum Gasteiger partial charge on any atom is -0.444 e. The predicted octanol–water partition coefficient (Wildman–Crippen LogP) is 4.08. The third-order valence-corrected chi connectivity index (χ3v) is 4.17. The standard InChI is InChI=1S/C19H30N2O3/c1-19(2,3)24-18(22)21-16-7-5-6-14(12-16)13-20-15-8-10-17(23-4)11-9-15/h5-7,12,15,17,20H,8-11,13H2,1-4H3,(H,21,22). The van der Waals surface area contributed by atoms with E-state index >= 15 is 0 Å². The summed E-state index contributed by atoms with van der Waals surface area (Å²) in [6.45, 7) is 6.36. The average Bonchev–Trinajstić information content (AvgIpc) is 2.52. The maximum absolute atomic E-state index is 11.8. The molecule has 1 amide bonds. The van der Waals surface area contributed by atoms with Crippen molar-refractivity contribution in [3.8, 4) is 0 Å². The van der Waals surface area contributed by atoms with Crippen LogP contribution in [0.3, 0.4) is 0 Å². The summed E-state index contributed by atoms with van der Waals surface area (Å²) >= 11 is 0. The molecule has 1 aliphatic rings. The summed E-state index contributed by atoms with van der Waals surface area (Å²) in [7, 11) is 1.79. The molecule has 1 fully saturated rings. The van der Waals surface area contributed by atoms with Crippen LogP contribution in [0.4, 0.5) is 10.5 Å². The molecule has 2 N–H and O–H groups in total. The first-order valence-corrected chi connectivity index (χ1v) is 8.71.